The van der Waals surface area contributed by atoms with E-state index in [0.717, 1.165) is 30.9 Å². The fraction of sp³-hybridized carbons (Fsp3) is 0.381. The van der Waals surface area contributed by atoms with Crippen LogP contribution in [0.25, 0.3) is 0 Å². The van der Waals surface area contributed by atoms with Crippen LogP contribution in [0.2, 0.25) is 5.02 Å². The average Bonchev–Trinajstić information content (AvgIpc) is 3.00. The number of rotatable bonds is 7. The number of sulfonamides is 1. The van der Waals surface area contributed by atoms with Crippen LogP contribution in [0.4, 0.5) is 5.69 Å². The summed E-state index contributed by atoms with van der Waals surface area (Å²) in [5, 5.41) is 0.347. The summed E-state index contributed by atoms with van der Waals surface area (Å²) in [6.07, 6.45) is 0.967. The molecule has 1 aliphatic heterocycles. The molecule has 2 aromatic rings. The molecule has 162 valence electrons. The lowest BCUT2D eigenvalue weighted by Crippen LogP contribution is -2.37. The van der Waals surface area contributed by atoms with Gasteiger partial charge in [-0.1, -0.05) is 17.7 Å². The van der Waals surface area contributed by atoms with Crippen molar-refractivity contribution in [2.75, 3.05) is 44.7 Å². The Kier molecular flexibility index (Phi) is 7.58. The molecule has 1 saturated heterocycles. The third kappa shape index (κ3) is 5.87. The number of nitrogens with one attached hydrogen (secondary N) is 1. The molecular formula is C21H26ClN3O4S. The van der Waals surface area contributed by atoms with Crippen molar-refractivity contribution < 1.29 is 17.9 Å². The van der Waals surface area contributed by atoms with Crippen molar-refractivity contribution in [3.8, 4) is 5.75 Å². The maximum Gasteiger partial charge on any atom is 0.240 e. The van der Waals surface area contributed by atoms with Crippen molar-refractivity contribution in [3.05, 3.63) is 53.6 Å². The van der Waals surface area contributed by atoms with Crippen LogP contribution in [0.15, 0.2) is 53.4 Å². The first kappa shape index (κ1) is 22.4. The number of amides is 1. The second-order valence-corrected chi connectivity index (χ2v) is 9.23. The summed E-state index contributed by atoms with van der Waals surface area (Å²) in [5.41, 5.74) is 1.10. The van der Waals surface area contributed by atoms with Gasteiger partial charge in [0.1, 0.15) is 5.75 Å². The first-order chi connectivity index (χ1) is 14.4. The van der Waals surface area contributed by atoms with E-state index in [-0.39, 0.29) is 23.8 Å². The summed E-state index contributed by atoms with van der Waals surface area (Å²) < 4.78 is 32.3. The Balaban J connectivity index is 1.50. The molecule has 2 aromatic carbocycles. The van der Waals surface area contributed by atoms with Gasteiger partial charge in [0.05, 0.1) is 12.0 Å². The number of carbonyl (C=O) groups excluding carboxylic acids is 1. The van der Waals surface area contributed by atoms with Crippen molar-refractivity contribution in [2.24, 2.45) is 0 Å². The van der Waals surface area contributed by atoms with Gasteiger partial charge in [-0.2, -0.15) is 0 Å². The lowest BCUT2D eigenvalue weighted by molar-refractivity contribution is -0.130. The van der Waals surface area contributed by atoms with Gasteiger partial charge in [0.2, 0.25) is 15.9 Å². The van der Waals surface area contributed by atoms with Crippen LogP contribution in [0.3, 0.4) is 0 Å². The lowest BCUT2D eigenvalue weighted by Gasteiger charge is -2.24. The molecule has 0 aliphatic carbocycles. The highest BCUT2D eigenvalue weighted by molar-refractivity contribution is 7.89. The molecule has 0 spiro atoms. The maximum atomic E-state index is 12.6. The molecule has 9 heteroatoms. The van der Waals surface area contributed by atoms with E-state index in [4.69, 9.17) is 16.3 Å². The number of carbonyl (C=O) groups is 1. The first-order valence-corrected chi connectivity index (χ1v) is 11.7. The molecule has 1 fully saturated rings. The molecule has 0 radical (unpaired) electrons. The number of anilines is 1. The third-order valence-electron chi connectivity index (χ3n) is 5.02. The van der Waals surface area contributed by atoms with E-state index in [1.54, 1.807) is 24.1 Å². The van der Waals surface area contributed by atoms with Gasteiger partial charge in [-0.25, -0.2) is 13.1 Å². The molecule has 0 unspecified atom stereocenters. The van der Waals surface area contributed by atoms with E-state index >= 15 is 0 Å². The fourth-order valence-corrected chi connectivity index (χ4v) is 4.72. The Morgan fingerprint density at radius 3 is 2.57 bits per heavy atom. The zero-order chi connectivity index (χ0) is 21.6. The van der Waals surface area contributed by atoms with Crippen molar-refractivity contribution in [3.63, 3.8) is 0 Å². The number of halogens is 1. The molecule has 0 aromatic heterocycles. The van der Waals surface area contributed by atoms with Gasteiger partial charge < -0.3 is 14.5 Å². The molecule has 30 heavy (non-hydrogen) atoms. The first-order valence-electron chi connectivity index (χ1n) is 9.81. The molecule has 1 heterocycles. The molecule has 0 bridgehead atoms. The Hall–Kier alpha value is -2.29. The summed E-state index contributed by atoms with van der Waals surface area (Å²) in [4.78, 5) is 16.7. The maximum absolute atomic E-state index is 12.6. The van der Waals surface area contributed by atoms with Crippen LogP contribution in [0, 0.1) is 0 Å². The molecule has 1 aliphatic rings. The number of benzene rings is 2. The molecule has 0 atom stereocenters. The van der Waals surface area contributed by atoms with Crippen LogP contribution in [-0.2, 0) is 14.8 Å². The molecule has 1 N–H and O–H groups in total. The van der Waals surface area contributed by atoms with Gasteiger partial charge in [-0.3, -0.25) is 4.79 Å². The predicted octanol–water partition coefficient (Wildman–Crippen LogP) is 2.76. The Bertz CT molecular complexity index is 966. The van der Waals surface area contributed by atoms with Crippen molar-refractivity contribution in [2.45, 2.75) is 17.7 Å². The van der Waals surface area contributed by atoms with Crippen LogP contribution >= 0.6 is 11.6 Å². The Morgan fingerprint density at radius 2 is 1.87 bits per heavy atom. The molecule has 3 rings (SSSR count). The van der Waals surface area contributed by atoms with Gasteiger partial charge in [0.15, 0.2) is 0 Å². The molecular weight excluding hydrogens is 426 g/mol. The van der Waals surface area contributed by atoms with Gasteiger partial charge in [0.25, 0.3) is 0 Å². The van der Waals surface area contributed by atoms with Crippen LogP contribution in [0.5, 0.6) is 5.75 Å². The SMILES string of the molecule is COc1ccc(N2CCCN(C(=O)CCNS(=O)(=O)c3cccc(Cl)c3)CC2)cc1. The molecule has 7 nitrogen and oxygen atoms in total. The number of hydrogen-bond acceptors (Lipinski definition) is 5. The summed E-state index contributed by atoms with van der Waals surface area (Å²) in [5.74, 6) is 0.756. The van der Waals surface area contributed by atoms with Crippen LogP contribution < -0.4 is 14.4 Å². The molecule has 0 saturated carbocycles. The minimum absolute atomic E-state index is 0.0480. The van der Waals surface area contributed by atoms with E-state index in [1.165, 1.54) is 12.1 Å². The van der Waals surface area contributed by atoms with Crippen LogP contribution in [-0.4, -0.2) is 59.1 Å². The standard InChI is InChI=1S/C21H26ClN3O4S/c1-29-19-8-6-18(7-9-19)24-12-3-13-25(15-14-24)21(26)10-11-23-30(27,28)20-5-2-4-17(22)16-20/h2,4-9,16,23H,3,10-15H2,1H3. The van der Waals surface area contributed by atoms with E-state index in [9.17, 15) is 13.2 Å². The molecule has 1 amide bonds. The number of nitrogens with zero attached hydrogens (tertiary/aromatic N) is 2. The normalized spacial score (nSPS) is 15.0. The van der Waals surface area contributed by atoms with Gasteiger partial charge in [-0.05, 0) is 48.9 Å². The monoisotopic (exact) mass is 451 g/mol. The summed E-state index contributed by atoms with van der Waals surface area (Å²) >= 11 is 5.86. The third-order valence-corrected chi connectivity index (χ3v) is 6.72. The average molecular weight is 452 g/mol. The Morgan fingerprint density at radius 1 is 1.10 bits per heavy atom. The quantitative estimate of drug-likeness (QED) is 0.700. The summed E-state index contributed by atoms with van der Waals surface area (Å²) in [6, 6.07) is 13.9. The minimum atomic E-state index is -3.69. The zero-order valence-electron chi connectivity index (χ0n) is 16.9. The fourth-order valence-electron chi connectivity index (χ4n) is 3.39. The zero-order valence-corrected chi connectivity index (χ0v) is 18.5. The van der Waals surface area contributed by atoms with Gasteiger partial charge in [-0.15, -0.1) is 0 Å². The largest absolute Gasteiger partial charge is 0.497 e. The smallest absolute Gasteiger partial charge is 0.240 e. The van der Waals surface area contributed by atoms with Crippen molar-refractivity contribution in [1.29, 1.82) is 0 Å². The van der Waals surface area contributed by atoms with Crippen molar-refractivity contribution >= 4 is 33.2 Å². The predicted molar refractivity (Wildman–Crippen MR) is 118 cm³/mol. The van der Waals surface area contributed by atoms with E-state index in [1.807, 2.05) is 24.3 Å². The number of methoxy groups -OCH3 is 1. The topological polar surface area (TPSA) is 79.0 Å². The van der Waals surface area contributed by atoms with Gasteiger partial charge in [0, 0.05) is 49.9 Å². The second-order valence-electron chi connectivity index (χ2n) is 7.02. The highest BCUT2D eigenvalue weighted by Gasteiger charge is 2.20. The lowest BCUT2D eigenvalue weighted by atomic mass is 10.2. The number of hydrogen-bond donors (Lipinski definition) is 1. The highest BCUT2D eigenvalue weighted by atomic mass is 35.5. The minimum Gasteiger partial charge on any atom is -0.497 e. The number of ether oxygens (including phenoxy) is 1. The van der Waals surface area contributed by atoms with E-state index < -0.39 is 10.0 Å². The summed E-state index contributed by atoms with van der Waals surface area (Å²) in [6.45, 7) is 2.90. The van der Waals surface area contributed by atoms with E-state index in [0.29, 0.717) is 18.1 Å². The van der Waals surface area contributed by atoms with Crippen molar-refractivity contribution in [1.82, 2.24) is 9.62 Å². The Labute approximate surface area is 182 Å². The van der Waals surface area contributed by atoms with Gasteiger partial charge >= 0.3 is 0 Å². The second kappa shape index (κ2) is 10.1. The highest BCUT2D eigenvalue weighted by Crippen LogP contribution is 2.21. The van der Waals surface area contributed by atoms with E-state index in [2.05, 4.69) is 9.62 Å². The van der Waals surface area contributed by atoms with Crippen LogP contribution in [0.1, 0.15) is 12.8 Å². The summed E-state index contributed by atoms with van der Waals surface area (Å²) in [7, 11) is -2.05.